The number of hydrogen-bond acceptors (Lipinski definition) is 5. The summed E-state index contributed by atoms with van der Waals surface area (Å²) in [5, 5.41) is 2.56. The van der Waals surface area contributed by atoms with E-state index in [1.807, 2.05) is 0 Å². The minimum absolute atomic E-state index is 0.387. The van der Waals surface area contributed by atoms with Gasteiger partial charge in [-0.3, -0.25) is 4.90 Å². The third-order valence-corrected chi connectivity index (χ3v) is 4.31. The predicted molar refractivity (Wildman–Crippen MR) is 73.8 cm³/mol. The maximum Gasteiger partial charge on any atom is 0.272 e. The number of nitrogens with zero attached hydrogens (tertiary/aromatic N) is 2. The number of halogens is 2. The molecule has 18 heavy (non-hydrogen) atoms. The van der Waals surface area contributed by atoms with Gasteiger partial charge in [0.1, 0.15) is 4.34 Å². The van der Waals surface area contributed by atoms with Crippen molar-refractivity contribution in [1.29, 1.82) is 0 Å². The summed E-state index contributed by atoms with van der Waals surface area (Å²) >= 11 is 6.67. The van der Waals surface area contributed by atoms with Crippen molar-refractivity contribution in [2.45, 2.75) is 25.3 Å². The second-order valence-corrected chi connectivity index (χ2v) is 5.99. The summed E-state index contributed by atoms with van der Waals surface area (Å²) in [5.41, 5.74) is 5.64. The first-order chi connectivity index (χ1) is 8.70. The number of nitrogens with one attached hydrogen (secondary N) is 1. The fraction of sp³-hybridized carbons (Fsp3) is 0.727. The topological polar surface area (TPSA) is 54.2 Å². The van der Waals surface area contributed by atoms with E-state index in [4.69, 9.17) is 17.3 Å². The van der Waals surface area contributed by atoms with Gasteiger partial charge < -0.3 is 11.1 Å². The average Bonchev–Trinajstić information content (AvgIpc) is 2.61. The number of thiazole rings is 1. The van der Waals surface area contributed by atoms with Crippen LogP contribution < -0.4 is 11.1 Å². The molecule has 7 heteroatoms. The van der Waals surface area contributed by atoms with Crippen LogP contribution in [-0.4, -0.2) is 42.1 Å². The van der Waals surface area contributed by atoms with Crippen LogP contribution >= 0.6 is 22.9 Å². The first-order valence-electron chi connectivity index (χ1n) is 6.20. The highest BCUT2D eigenvalue weighted by atomic mass is 35.5. The predicted octanol–water partition coefficient (Wildman–Crippen LogP) is 2.16. The largest absolute Gasteiger partial charge is 0.368 e. The van der Waals surface area contributed by atoms with Gasteiger partial charge in [-0.1, -0.05) is 22.9 Å². The van der Waals surface area contributed by atoms with Gasteiger partial charge in [-0.05, 0) is 25.8 Å². The molecule has 3 N–H and O–H groups in total. The molecule has 1 fully saturated rings. The highest BCUT2D eigenvalue weighted by Gasteiger charge is 2.25. The Morgan fingerprint density at radius 2 is 2.39 bits per heavy atom. The van der Waals surface area contributed by atoms with Gasteiger partial charge in [0.2, 0.25) is 0 Å². The van der Waals surface area contributed by atoms with Crippen molar-refractivity contribution in [3.63, 3.8) is 0 Å². The molecule has 0 aromatic carbocycles. The zero-order chi connectivity index (χ0) is 13.0. The Bertz CT molecular complexity index is 385. The molecule has 102 valence electrons. The zero-order valence-electron chi connectivity index (χ0n) is 10.2. The Kier molecular flexibility index (Phi) is 5.17. The molecule has 1 aromatic heterocycles. The van der Waals surface area contributed by atoms with Crippen LogP contribution in [-0.2, 0) is 0 Å². The molecule has 2 rings (SSSR count). The van der Waals surface area contributed by atoms with E-state index in [-0.39, 0.29) is 0 Å². The molecule has 2 heterocycles. The summed E-state index contributed by atoms with van der Waals surface area (Å²) < 4.78 is 13.2. The van der Waals surface area contributed by atoms with Gasteiger partial charge in [0, 0.05) is 25.7 Å². The van der Waals surface area contributed by atoms with Gasteiger partial charge in [0.25, 0.3) is 5.26 Å². The summed E-state index contributed by atoms with van der Waals surface area (Å²) in [5.74, 6) is 0.461. The van der Waals surface area contributed by atoms with Crippen molar-refractivity contribution in [3.05, 3.63) is 9.60 Å². The minimum Gasteiger partial charge on any atom is -0.368 e. The van der Waals surface area contributed by atoms with Crippen molar-refractivity contribution < 1.29 is 4.39 Å². The second kappa shape index (κ2) is 6.65. The zero-order valence-corrected chi connectivity index (χ0v) is 11.7. The van der Waals surface area contributed by atoms with Crippen LogP contribution in [0.15, 0.2) is 0 Å². The van der Waals surface area contributed by atoms with E-state index in [0.29, 0.717) is 16.2 Å². The second-order valence-electron chi connectivity index (χ2n) is 4.44. The van der Waals surface area contributed by atoms with E-state index in [2.05, 4.69) is 15.2 Å². The lowest BCUT2D eigenvalue weighted by Gasteiger charge is -2.40. The number of nitrogens with two attached hydrogens (primary N) is 1. The van der Waals surface area contributed by atoms with Crippen molar-refractivity contribution >= 4 is 28.8 Å². The van der Waals surface area contributed by atoms with Gasteiger partial charge in [0.05, 0.1) is 0 Å². The SMILES string of the molecule is NC[C@H]1CCN1CCCCNc1nc(F)sc1Cl. The number of likely N-dealkylation sites (tertiary alicyclic amines) is 1. The number of anilines is 1. The number of rotatable bonds is 7. The molecule has 0 unspecified atom stereocenters. The third-order valence-electron chi connectivity index (χ3n) is 3.26. The first kappa shape index (κ1) is 14.0. The van der Waals surface area contributed by atoms with Gasteiger partial charge in [-0.2, -0.15) is 9.37 Å². The maximum atomic E-state index is 12.8. The molecule has 1 aromatic rings. The molecule has 0 amide bonds. The highest BCUT2D eigenvalue weighted by Crippen LogP contribution is 2.27. The van der Waals surface area contributed by atoms with Crippen LogP contribution in [0, 0.1) is 5.26 Å². The fourth-order valence-electron chi connectivity index (χ4n) is 2.09. The summed E-state index contributed by atoms with van der Waals surface area (Å²) in [6, 6.07) is 0.583. The average molecular weight is 293 g/mol. The Morgan fingerprint density at radius 3 is 2.94 bits per heavy atom. The Balaban J connectivity index is 1.57. The number of unbranched alkanes of at least 4 members (excludes halogenated alkanes) is 1. The Labute approximate surface area is 115 Å². The highest BCUT2D eigenvalue weighted by molar-refractivity contribution is 7.15. The Morgan fingerprint density at radius 1 is 1.56 bits per heavy atom. The lowest BCUT2D eigenvalue weighted by molar-refractivity contribution is 0.0951. The van der Waals surface area contributed by atoms with Crippen LogP contribution in [0.5, 0.6) is 0 Å². The lowest BCUT2D eigenvalue weighted by Crippen LogP contribution is -2.51. The number of hydrogen-bond donors (Lipinski definition) is 2. The van der Waals surface area contributed by atoms with E-state index < -0.39 is 5.26 Å². The van der Waals surface area contributed by atoms with E-state index in [0.717, 1.165) is 43.8 Å². The van der Waals surface area contributed by atoms with Crippen molar-refractivity contribution in [2.24, 2.45) is 5.73 Å². The van der Waals surface area contributed by atoms with Crippen LogP contribution in [0.25, 0.3) is 0 Å². The molecule has 0 aliphatic carbocycles. The van der Waals surface area contributed by atoms with Crippen LogP contribution in [0.4, 0.5) is 10.2 Å². The van der Waals surface area contributed by atoms with E-state index in [1.165, 1.54) is 13.0 Å². The maximum absolute atomic E-state index is 12.8. The molecule has 0 spiro atoms. The van der Waals surface area contributed by atoms with Gasteiger partial charge in [-0.15, -0.1) is 0 Å². The molecular weight excluding hydrogens is 275 g/mol. The minimum atomic E-state index is -0.492. The van der Waals surface area contributed by atoms with Gasteiger partial charge >= 0.3 is 0 Å². The van der Waals surface area contributed by atoms with Crippen LogP contribution in [0.2, 0.25) is 4.34 Å². The van der Waals surface area contributed by atoms with Gasteiger partial charge in [0.15, 0.2) is 5.82 Å². The molecule has 1 aliphatic rings. The van der Waals surface area contributed by atoms with Crippen LogP contribution in [0.3, 0.4) is 0 Å². The quantitative estimate of drug-likeness (QED) is 0.756. The van der Waals surface area contributed by atoms with Crippen molar-refractivity contribution in [1.82, 2.24) is 9.88 Å². The summed E-state index contributed by atoms with van der Waals surface area (Å²) in [4.78, 5) is 6.09. The summed E-state index contributed by atoms with van der Waals surface area (Å²) in [7, 11) is 0. The lowest BCUT2D eigenvalue weighted by atomic mass is 10.0. The monoisotopic (exact) mass is 292 g/mol. The third kappa shape index (κ3) is 3.54. The van der Waals surface area contributed by atoms with Gasteiger partial charge in [-0.25, -0.2) is 0 Å². The van der Waals surface area contributed by atoms with E-state index in [1.54, 1.807) is 0 Å². The van der Waals surface area contributed by atoms with E-state index in [9.17, 15) is 4.39 Å². The molecule has 4 nitrogen and oxygen atoms in total. The smallest absolute Gasteiger partial charge is 0.272 e. The molecule has 1 saturated heterocycles. The normalized spacial score (nSPS) is 19.8. The fourth-order valence-corrected chi connectivity index (χ4v) is 2.89. The van der Waals surface area contributed by atoms with Crippen LogP contribution in [0.1, 0.15) is 19.3 Å². The molecule has 1 aliphatic heterocycles. The molecule has 0 bridgehead atoms. The molecular formula is C11H18ClFN4S. The number of aromatic nitrogens is 1. The summed E-state index contributed by atoms with van der Waals surface area (Å²) in [6.07, 6.45) is 3.35. The first-order valence-corrected chi connectivity index (χ1v) is 7.40. The Hall–Kier alpha value is -0.430. The standard InChI is InChI=1S/C11H18ClFN4S/c12-9-10(16-11(13)18-9)15-4-1-2-5-17-6-3-8(17)7-14/h8,15H,1-7,14H2/t8-/m1/s1. The molecule has 1 atom stereocenters. The molecule has 0 saturated carbocycles. The summed E-state index contributed by atoms with van der Waals surface area (Å²) in [6.45, 7) is 3.77. The van der Waals surface area contributed by atoms with Crippen molar-refractivity contribution in [3.8, 4) is 0 Å². The van der Waals surface area contributed by atoms with E-state index >= 15 is 0 Å². The van der Waals surface area contributed by atoms with Crippen molar-refractivity contribution in [2.75, 3.05) is 31.5 Å². The molecule has 0 radical (unpaired) electrons.